The first kappa shape index (κ1) is 13.4. The summed E-state index contributed by atoms with van der Waals surface area (Å²) in [7, 11) is 0. The maximum atomic E-state index is 10.1. The van der Waals surface area contributed by atoms with Crippen LogP contribution >= 0.6 is 11.6 Å². The number of halogens is 1. The van der Waals surface area contributed by atoms with Gasteiger partial charge in [-0.1, -0.05) is 24.3 Å². The van der Waals surface area contributed by atoms with E-state index in [0.29, 0.717) is 16.1 Å². The van der Waals surface area contributed by atoms with E-state index >= 15 is 0 Å². The largest absolute Gasteiger partial charge is 0.507 e. The molecule has 0 amide bonds. The van der Waals surface area contributed by atoms with Crippen molar-refractivity contribution in [3.63, 3.8) is 0 Å². The number of fused-ring (bicyclic) bond motifs is 1. The summed E-state index contributed by atoms with van der Waals surface area (Å²) < 4.78 is 0. The minimum absolute atomic E-state index is 0.110. The fourth-order valence-corrected chi connectivity index (χ4v) is 2.28. The monoisotopic (exact) mass is 297 g/mol. The average Bonchev–Trinajstić information content (AvgIpc) is 2.95. The molecule has 0 bridgehead atoms. The molecule has 1 heterocycles. The summed E-state index contributed by atoms with van der Waals surface area (Å²) in [6.07, 6.45) is 4.76. The van der Waals surface area contributed by atoms with Crippen molar-refractivity contribution in [2.24, 2.45) is 4.99 Å². The molecule has 0 unspecified atom stereocenters. The fourth-order valence-electron chi connectivity index (χ4n) is 2.04. The van der Waals surface area contributed by atoms with E-state index in [1.54, 1.807) is 30.8 Å². The van der Waals surface area contributed by atoms with Gasteiger partial charge in [0.25, 0.3) is 0 Å². The van der Waals surface area contributed by atoms with Crippen molar-refractivity contribution in [2.45, 2.75) is 0 Å². The first-order valence-corrected chi connectivity index (χ1v) is 6.67. The fraction of sp³-hybridized carbons (Fsp3) is 0. The van der Waals surface area contributed by atoms with E-state index in [2.05, 4.69) is 21.5 Å². The first-order valence-electron chi connectivity index (χ1n) is 6.29. The summed E-state index contributed by atoms with van der Waals surface area (Å²) in [5.41, 5.74) is 3.65. The van der Waals surface area contributed by atoms with Crippen molar-refractivity contribution in [1.29, 1.82) is 0 Å². The Kier molecular flexibility index (Phi) is 3.46. The van der Waals surface area contributed by atoms with Gasteiger partial charge in [-0.2, -0.15) is 0 Å². The molecule has 2 N–H and O–H groups in total. The van der Waals surface area contributed by atoms with Gasteiger partial charge in [0.15, 0.2) is 0 Å². The lowest BCUT2D eigenvalue weighted by molar-refractivity contribution is 0.473. The van der Waals surface area contributed by atoms with Crippen molar-refractivity contribution >= 4 is 40.6 Å². The summed E-state index contributed by atoms with van der Waals surface area (Å²) >= 11 is 6.01. The van der Waals surface area contributed by atoms with Crippen LogP contribution in [0.25, 0.3) is 17.1 Å². The van der Waals surface area contributed by atoms with Gasteiger partial charge in [-0.3, -0.25) is 4.99 Å². The number of benzene rings is 2. The molecule has 0 aliphatic carbocycles. The summed E-state index contributed by atoms with van der Waals surface area (Å²) in [5.74, 6) is 0.110. The molecule has 21 heavy (non-hydrogen) atoms. The maximum Gasteiger partial charge on any atom is 0.131 e. The minimum Gasteiger partial charge on any atom is -0.507 e. The van der Waals surface area contributed by atoms with Crippen LogP contribution in [0.1, 0.15) is 11.1 Å². The van der Waals surface area contributed by atoms with Gasteiger partial charge in [0, 0.05) is 22.4 Å². The number of hydrogen-bond acceptors (Lipinski definition) is 3. The second-order valence-corrected chi connectivity index (χ2v) is 4.94. The molecule has 3 aromatic rings. The molecule has 0 radical (unpaired) electrons. The van der Waals surface area contributed by atoms with Crippen LogP contribution in [0, 0.1) is 0 Å². The third kappa shape index (κ3) is 2.66. The highest BCUT2D eigenvalue weighted by Gasteiger charge is 2.05. The quantitative estimate of drug-likeness (QED) is 0.707. The molecule has 0 aliphatic heterocycles. The van der Waals surface area contributed by atoms with Gasteiger partial charge in [-0.25, -0.2) is 4.98 Å². The van der Waals surface area contributed by atoms with E-state index in [9.17, 15) is 5.11 Å². The summed E-state index contributed by atoms with van der Waals surface area (Å²) in [5, 5.41) is 10.6. The van der Waals surface area contributed by atoms with Gasteiger partial charge >= 0.3 is 0 Å². The van der Waals surface area contributed by atoms with Crippen LogP contribution in [0.5, 0.6) is 5.75 Å². The minimum atomic E-state index is 0.110. The number of H-pyrrole nitrogens is 1. The Morgan fingerprint density at radius 3 is 2.86 bits per heavy atom. The second kappa shape index (κ2) is 5.42. The molecule has 2 aromatic carbocycles. The van der Waals surface area contributed by atoms with Crippen LogP contribution in [0.4, 0.5) is 5.69 Å². The normalized spacial score (nSPS) is 11.3. The molecule has 0 aliphatic rings. The highest BCUT2D eigenvalue weighted by atomic mass is 35.5. The maximum absolute atomic E-state index is 10.1. The van der Waals surface area contributed by atoms with Crippen LogP contribution in [0.2, 0.25) is 5.02 Å². The number of nitrogens with one attached hydrogen (secondary N) is 1. The molecule has 0 spiro atoms. The summed E-state index contributed by atoms with van der Waals surface area (Å²) in [6.45, 7) is 3.65. The molecule has 4 nitrogen and oxygen atoms in total. The number of phenols is 1. The molecule has 104 valence electrons. The molecule has 5 heteroatoms. The van der Waals surface area contributed by atoms with E-state index in [0.717, 1.165) is 16.7 Å². The smallest absolute Gasteiger partial charge is 0.131 e. The molecule has 0 saturated carbocycles. The third-order valence-corrected chi connectivity index (χ3v) is 3.33. The van der Waals surface area contributed by atoms with Gasteiger partial charge in [-0.05, 0) is 30.3 Å². The van der Waals surface area contributed by atoms with Crippen molar-refractivity contribution in [1.82, 2.24) is 9.97 Å². The molecular weight excluding hydrogens is 286 g/mol. The van der Waals surface area contributed by atoms with Gasteiger partial charge in [0.05, 0.1) is 23.0 Å². The zero-order valence-corrected chi connectivity index (χ0v) is 11.8. The lowest BCUT2D eigenvalue weighted by atomic mass is 10.1. The number of aromatic nitrogens is 2. The lowest BCUT2D eigenvalue weighted by Gasteiger charge is -2.04. The average molecular weight is 298 g/mol. The topological polar surface area (TPSA) is 61.3 Å². The number of nitrogens with zero attached hydrogens (tertiary/aromatic N) is 2. The number of hydrogen-bond donors (Lipinski definition) is 2. The molecular formula is C16H12ClN3O. The lowest BCUT2D eigenvalue weighted by Crippen LogP contribution is -1.86. The Balaban J connectivity index is 1.98. The Bertz CT molecular complexity index is 852. The van der Waals surface area contributed by atoms with E-state index in [1.165, 1.54) is 0 Å². The van der Waals surface area contributed by atoms with E-state index in [1.807, 2.05) is 18.2 Å². The van der Waals surface area contributed by atoms with E-state index in [-0.39, 0.29) is 5.75 Å². The number of imidazole rings is 1. The van der Waals surface area contributed by atoms with Crippen LogP contribution in [-0.4, -0.2) is 21.3 Å². The van der Waals surface area contributed by atoms with Crippen molar-refractivity contribution < 1.29 is 5.11 Å². The number of aromatic hydroxyl groups is 1. The van der Waals surface area contributed by atoms with Gasteiger partial charge in [0.2, 0.25) is 0 Å². The Labute approximate surface area is 126 Å². The number of phenolic OH excluding ortho intramolecular Hbond substituents is 1. The van der Waals surface area contributed by atoms with Crippen LogP contribution < -0.4 is 0 Å². The van der Waals surface area contributed by atoms with Crippen molar-refractivity contribution in [3.8, 4) is 5.75 Å². The molecule has 3 rings (SSSR count). The van der Waals surface area contributed by atoms with Gasteiger partial charge in [0.1, 0.15) is 5.75 Å². The van der Waals surface area contributed by atoms with Crippen LogP contribution in [0.15, 0.2) is 48.2 Å². The first-order chi connectivity index (χ1) is 10.2. The van der Waals surface area contributed by atoms with Crippen LogP contribution in [-0.2, 0) is 0 Å². The molecule has 0 fully saturated rings. The zero-order valence-electron chi connectivity index (χ0n) is 11.0. The Morgan fingerprint density at radius 2 is 2.05 bits per heavy atom. The molecule has 0 atom stereocenters. The van der Waals surface area contributed by atoms with Crippen molar-refractivity contribution in [2.75, 3.05) is 0 Å². The van der Waals surface area contributed by atoms with E-state index in [4.69, 9.17) is 11.6 Å². The van der Waals surface area contributed by atoms with Gasteiger partial charge in [-0.15, -0.1) is 0 Å². The zero-order chi connectivity index (χ0) is 14.8. The molecule has 1 aromatic heterocycles. The SMILES string of the molecule is C=Cc1cc(Cl)cc(/C=N/c2ccc3[nH]cnc3c2)c1O. The number of aliphatic imine (C=N–C) groups is 1. The van der Waals surface area contributed by atoms with Gasteiger partial charge < -0.3 is 10.1 Å². The third-order valence-electron chi connectivity index (χ3n) is 3.11. The number of aromatic amines is 1. The highest BCUT2D eigenvalue weighted by Crippen LogP contribution is 2.27. The van der Waals surface area contributed by atoms with Crippen molar-refractivity contribution in [3.05, 3.63) is 59.4 Å². The second-order valence-electron chi connectivity index (χ2n) is 4.50. The standard InChI is InChI=1S/C16H12ClN3O/c1-2-10-5-12(17)6-11(16(10)21)8-18-13-3-4-14-15(7-13)20-9-19-14/h2-9,21H,1H2,(H,19,20)/b18-8+. The highest BCUT2D eigenvalue weighted by molar-refractivity contribution is 6.31. The summed E-state index contributed by atoms with van der Waals surface area (Å²) in [4.78, 5) is 11.6. The molecule has 0 saturated heterocycles. The summed E-state index contributed by atoms with van der Waals surface area (Å²) in [6, 6.07) is 8.94. The Morgan fingerprint density at radius 1 is 1.24 bits per heavy atom. The predicted molar refractivity (Wildman–Crippen MR) is 86.6 cm³/mol. The Hall–Kier alpha value is -2.59. The number of rotatable bonds is 3. The predicted octanol–water partition coefficient (Wildman–Crippen LogP) is 4.32. The van der Waals surface area contributed by atoms with E-state index < -0.39 is 0 Å². The van der Waals surface area contributed by atoms with Crippen LogP contribution in [0.3, 0.4) is 0 Å².